The van der Waals surface area contributed by atoms with Crippen molar-refractivity contribution in [3.8, 4) is 0 Å². The maximum atomic E-state index is 5.51. The Bertz CT molecular complexity index is 228. The first-order valence-corrected chi connectivity index (χ1v) is 7.26. The van der Waals surface area contributed by atoms with Gasteiger partial charge in [0.2, 0.25) is 0 Å². The number of rotatable bonds is 4. The molecule has 2 fully saturated rings. The third kappa shape index (κ3) is 3.01. The molecule has 0 bridgehead atoms. The molecule has 0 saturated carbocycles. The van der Waals surface area contributed by atoms with Gasteiger partial charge >= 0.3 is 0 Å². The highest BCUT2D eigenvalue weighted by Gasteiger charge is 2.35. The van der Waals surface area contributed by atoms with Crippen molar-refractivity contribution in [1.82, 2.24) is 10.2 Å². The van der Waals surface area contributed by atoms with E-state index in [2.05, 4.69) is 24.1 Å². The summed E-state index contributed by atoms with van der Waals surface area (Å²) >= 11 is 0. The Labute approximate surface area is 106 Å². The molecule has 0 aliphatic carbocycles. The van der Waals surface area contributed by atoms with Gasteiger partial charge in [0.05, 0.1) is 6.10 Å². The lowest BCUT2D eigenvalue weighted by molar-refractivity contribution is -0.00701. The van der Waals surface area contributed by atoms with E-state index in [0.717, 1.165) is 12.1 Å². The smallest absolute Gasteiger partial charge is 0.0695 e. The molecule has 1 N–H and O–H groups in total. The van der Waals surface area contributed by atoms with Crippen LogP contribution >= 0.6 is 0 Å². The lowest BCUT2D eigenvalue weighted by Crippen LogP contribution is -2.56. The van der Waals surface area contributed by atoms with Gasteiger partial charge in [0, 0.05) is 25.2 Å². The highest BCUT2D eigenvalue weighted by molar-refractivity contribution is 4.93. The molecule has 0 aromatic rings. The van der Waals surface area contributed by atoms with E-state index in [0.29, 0.717) is 12.1 Å². The zero-order valence-corrected chi connectivity index (χ0v) is 11.6. The molecule has 3 nitrogen and oxygen atoms in total. The minimum Gasteiger partial charge on any atom is -0.380 e. The van der Waals surface area contributed by atoms with E-state index < -0.39 is 0 Å². The molecule has 2 heterocycles. The van der Waals surface area contributed by atoms with Gasteiger partial charge in [-0.25, -0.2) is 0 Å². The van der Waals surface area contributed by atoms with Gasteiger partial charge in [0.15, 0.2) is 0 Å². The Morgan fingerprint density at radius 3 is 2.65 bits per heavy atom. The molecule has 0 amide bonds. The molecular formula is C14H28N2O. The molecule has 2 rings (SSSR count). The van der Waals surface area contributed by atoms with Crippen LogP contribution in [0.2, 0.25) is 0 Å². The molecule has 2 aliphatic heterocycles. The van der Waals surface area contributed by atoms with E-state index in [-0.39, 0.29) is 0 Å². The van der Waals surface area contributed by atoms with Crippen LogP contribution in [0.1, 0.15) is 46.0 Å². The Morgan fingerprint density at radius 2 is 2.00 bits per heavy atom. The maximum Gasteiger partial charge on any atom is 0.0695 e. The van der Waals surface area contributed by atoms with Crippen LogP contribution in [0.25, 0.3) is 0 Å². The van der Waals surface area contributed by atoms with Crippen LogP contribution in [-0.4, -0.2) is 49.3 Å². The summed E-state index contributed by atoms with van der Waals surface area (Å²) in [6.45, 7) is 6.97. The minimum absolute atomic E-state index is 0.331. The second kappa shape index (κ2) is 6.17. The van der Waals surface area contributed by atoms with E-state index in [4.69, 9.17) is 4.74 Å². The molecule has 0 spiro atoms. The summed E-state index contributed by atoms with van der Waals surface area (Å²) in [6, 6.07) is 1.99. The van der Waals surface area contributed by atoms with Gasteiger partial charge in [0.25, 0.3) is 0 Å². The van der Waals surface area contributed by atoms with E-state index >= 15 is 0 Å². The predicted molar refractivity (Wildman–Crippen MR) is 71.3 cm³/mol. The fraction of sp³-hybridized carbons (Fsp3) is 1.00. The summed E-state index contributed by atoms with van der Waals surface area (Å²) in [5.41, 5.74) is 0. The van der Waals surface area contributed by atoms with Gasteiger partial charge in [-0.05, 0) is 52.6 Å². The van der Waals surface area contributed by atoms with Crippen molar-refractivity contribution < 1.29 is 4.74 Å². The third-order valence-electron chi connectivity index (χ3n) is 4.73. The van der Waals surface area contributed by atoms with Gasteiger partial charge in [-0.3, -0.25) is 4.90 Å². The topological polar surface area (TPSA) is 24.5 Å². The van der Waals surface area contributed by atoms with Crippen LogP contribution in [0, 0.1) is 0 Å². The Balaban J connectivity index is 2.00. The molecule has 0 radical (unpaired) electrons. The molecule has 4 unspecified atom stereocenters. The predicted octanol–water partition coefficient (Wildman–Crippen LogP) is 2.02. The Morgan fingerprint density at radius 1 is 1.18 bits per heavy atom. The lowest BCUT2D eigenvalue weighted by Gasteiger charge is -2.44. The van der Waals surface area contributed by atoms with Crippen molar-refractivity contribution in [2.75, 3.05) is 20.2 Å². The average molecular weight is 240 g/mol. The summed E-state index contributed by atoms with van der Waals surface area (Å²) in [6.07, 6.45) is 7.14. The van der Waals surface area contributed by atoms with Crippen LogP contribution in [0.4, 0.5) is 0 Å². The van der Waals surface area contributed by atoms with E-state index in [1.54, 1.807) is 0 Å². The highest BCUT2D eigenvalue weighted by atomic mass is 16.5. The minimum atomic E-state index is 0.331. The van der Waals surface area contributed by atoms with Crippen LogP contribution in [0.15, 0.2) is 0 Å². The zero-order chi connectivity index (χ0) is 12.3. The van der Waals surface area contributed by atoms with E-state index in [1.807, 2.05) is 7.11 Å². The second-order valence-electron chi connectivity index (χ2n) is 5.69. The van der Waals surface area contributed by atoms with Crippen molar-refractivity contribution in [3.63, 3.8) is 0 Å². The van der Waals surface area contributed by atoms with Crippen LogP contribution < -0.4 is 5.32 Å². The number of likely N-dealkylation sites (tertiary alicyclic amines) is 1. The van der Waals surface area contributed by atoms with Crippen molar-refractivity contribution in [2.45, 2.75) is 70.2 Å². The summed E-state index contributed by atoms with van der Waals surface area (Å²) in [5, 5.41) is 3.69. The van der Waals surface area contributed by atoms with Crippen molar-refractivity contribution in [2.24, 2.45) is 0 Å². The number of methoxy groups -OCH3 is 1. The first-order chi connectivity index (χ1) is 8.24. The summed E-state index contributed by atoms with van der Waals surface area (Å²) in [7, 11) is 1.83. The number of hydrogen-bond donors (Lipinski definition) is 1. The summed E-state index contributed by atoms with van der Waals surface area (Å²) < 4.78 is 5.51. The molecule has 100 valence electrons. The molecule has 0 aromatic carbocycles. The van der Waals surface area contributed by atoms with Crippen LogP contribution in [0.5, 0.6) is 0 Å². The zero-order valence-electron chi connectivity index (χ0n) is 11.6. The van der Waals surface area contributed by atoms with Gasteiger partial charge in [-0.2, -0.15) is 0 Å². The molecule has 2 aliphatic rings. The highest BCUT2D eigenvalue weighted by Crippen LogP contribution is 2.27. The summed E-state index contributed by atoms with van der Waals surface area (Å²) in [4.78, 5) is 2.70. The largest absolute Gasteiger partial charge is 0.380 e. The SMILES string of the molecule is COC(C)C(C)N1CCCCC1C1CCCN1. The van der Waals surface area contributed by atoms with Gasteiger partial charge in [-0.15, -0.1) is 0 Å². The first kappa shape index (κ1) is 13.3. The Hall–Kier alpha value is -0.120. The third-order valence-corrected chi connectivity index (χ3v) is 4.73. The average Bonchev–Trinajstić information content (AvgIpc) is 2.90. The molecular weight excluding hydrogens is 212 g/mol. The number of piperidine rings is 1. The molecule has 0 aromatic heterocycles. The standard InChI is InChI=1S/C14H28N2O/c1-11(12(2)17-3)16-10-5-4-8-14(16)13-7-6-9-15-13/h11-15H,4-10H2,1-3H3. The molecule has 2 saturated heterocycles. The Kier molecular flexibility index (Phi) is 4.83. The van der Waals surface area contributed by atoms with E-state index in [1.165, 1.54) is 45.2 Å². The molecule has 3 heteroatoms. The number of hydrogen-bond acceptors (Lipinski definition) is 3. The van der Waals surface area contributed by atoms with Crippen molar-refractivity contribution >= 4 is 0 Å². The number of ether oxygens (including phenoxy) is 1. The van der Waals surface area contributed by atoms with Gasteiger partial charge in [0.1, 0.15) is 0 Å². The second-order valence-corrected chi connectivity index (χ2v) is 5.69. The fourth-order valence-corrected chi connectivity index (χ4v) is 3.42. The maximum absolute atomic E-state index is 5.51. The lowest BCUT2D eigenvalue weighted by atomic mass is 9.92. The van der Waals surface area contributed by atoms with Crippen LogP contribution in [0.3, 0.4) is 0 Å². The van der Waals surface area contributed by atoms with Crippen molar-refractivity contribution in [1.29, 1.82) is 0 Å². The number of nitrogens with zero attached hydrogens (tertiary/aromatic N) is 1. The molecule has 4 atom stereocenters. The summed E-state index contributed by atoms with van der Waals surface area (Å²) in [5.74, 6) is 0. The van der Waals surface area contributed by atoms with Gasteiger partial charge in [-0.1, -0.05) is 6.42 Å². The number of nitrogens with one attached hydrogen (secondary N) is 1. The van der Waals surface area contributed by atoms with E-state index in [9.17, 15) is 0 Å². The monoisotopic (exact) mass is 240 g/mol. The molecule has 17 heavy (non-hydrogen) atoms. The normalized spacial score (nSPS) is 34.8. The fourth-order valence-electron chi connectivity index (χ4n) is 3.42. The van der Waals surface area contributed by atoms with Crippen LogP contribution in [-0.2, 0) is 4.74 Å². The van der Waals surface area contributed by atoms with Gasteiger partial charge < -0.3 is 10.1 Å². The van der Waals surface area contributed by atoms with Crippen molar-refractivity contribution in [3.05, 3.63) is 0 Å². The quantitative estimate of drug-likeness (QED) is 0.813. The first-order valence-electron chi connectivity index (χ1n) is 7.26.